The normalized spacial score (nSPS) is 19.8. The summed E-state index contributed by atoms with van der Waals surface area (Å²) in [5.74, 6) is 0.246. The quantitative estimate of drug-likeness (QED) is 0.839. The molecule has 0 spiro atoms. The Bertz CT molecular complexity index is 767. The van der Waals surface area contributed by atoms with Crippen LogP contribution >= 0.6 is 0 Å². The fraction of sp³-hybridized carbons (Fsp3) is 0.474. The third kappa shape index (κ3) is 3.31. The van der Waals surface area contributed by atoms with Crippen molar-refractivity contribution in [3.05, 3.63) is 53.1 Å². The van der Waals surface area contributed by atoms with Gasteiger partial charge in [0.25, 0.3) is 5.91 Å². The maximum absolute atomic E-state index is 13.2. The van der Waals surface area contributed by atoms with Gasteiger partial charge in [-0.05, 0) is 55.0 Å². The van der Waals surface area contributed by atoms with E-state index in [2.05, 4.69) is 5.10 Å². The smallest absolute Gasteiger partial charge is 0.254 e. The van der Waals surface area contributed by atoms with Crippen molar-refractivity contribution >= 4 is 5.91 Å². The number of carbonyl (C=O) groups excluding carboxylic acids is 1. The van der Waals surface area contributed by atoms with Gasteiger partial charge in [0.05, 0.1) is 24.5 Å². The van der Waals surface area contributed by atoms with Crippen LogP contribution in [0.3, 0.4) is 0 Å². The zero-order valence-electron chi connectivity index (χ0n) is 14.3. The summed E-state index contributed by atoms with van der Waals surface area (Å²) in [6, 6.07) is 5.57. The van der Waals surface area contributed by atoms with Crippen LogP contribution in [0.25, 0.3) is 0 Å². The molecule has 0 N–H and O–H groups in total. The SMILES string of the molecule is Cn1ncc2c1C(COCC1CC1)N(C(=O)c1ccc(F)cc1)CC2. The van der Waals surface area contributed by atoms with Crippen molar-refractivity contribution in [2.75, 3.05) is 19.8 Å². The monoisotopic (exact) mass is 343 g/mol. The predicted molar refractivity (Wildman–Crippen MR) is 90.6 cm³/mol. The summed E-state index contributed by atoms with van der Waals surface area (Å²) in [6.45, 7) is 1.84. The van der Waals surface area contributed by atoms with Crippen molar-refractivity contribution in [2.24, 2.45) is 13.0 Å². The Balaban J connectivity index is 1.58. The van der Waals surface area contributed by atoms with Gasteiger partial charge < -0.3 is 9.64 Å². The molecule has 2 aromatic rings. The number of aryl methyl sites for hydroxylation is 1. The number of halogens is 1. The van der Waals surface area contributed by atoms with Crippen LogP contribution in [-0.2, 0) is 18.2 Å². The Hall–Kier alpha value is -2.21. The topological polar surface area (TPSA) is 47.4 Å². The lowest BCUT2D eigenvalue weighted by atomic mass is 9.99. The zero-order valence-corrected chi connectivity index (χ0v) is 14.3. The van der Waals surface area contributed by atoms with Gasteiger partial charge in [-0.2, -0.15) is 5.10 Å². The van der Waals surface area contributed by atoms with Crippen molar-refractivity contribution in [3.63, 3.8) is 0 Å². The maximum Gasteiger partial charge on any atom is 0.254 e. The second-order valence-corrected chi connectivity index (χ2v) is 6.93. The van der Waals surface area contributed by atoms with Crippen molar-refractivity contribution in [2.45, 2.75) is 25.3 Å². The number of benzene rings is 1. The van der Waals surface area contributed by atoms with E-state index < -0.39 is 0 Å². The standard InChI is InChI=1S/C19H22FN3O2/c1-22-18-15(10-21-22)8-9-23(17(18)12-25-11-13-2-3-13)19(24)14-4-6-16(20)7-5-14/h4-7,10,13,17H,2-3,8-9,11-12H2,1H3. The van der Waals surface area contributed by atoms with Crippen molar-refractivity contribution in [3.8, 4) is 0 Å². The highest BCUT2D eigenvalue weighted by molar-refractivity contribution is 5.94. The fourth-order valence-electron chi connectivity index (χ4n) is 3.46. The van der Waals surface area contributed by atoms with Crippen LogP contribution in [0.15, 0.2) is 30.5 Å². The van der Waals surface area contributed by atoms with Gasteiger partial charge in [-0.1, -0.05) is 0 Å². The van der Waals surface area contributed by atoms with Gasteiger partial charge in [-0.3, -0.25) is 9.48 Å². The van der Waals surface area contributed by atoms with Crippen LogP contribution < -0.4 is 0 Å². The highest BCUT2D eigenvalue weighted by atomic mass is 19.1. The summed E-state index contributed by atoms with van der Waals surface area (Å²) in [4.78, 5) is 14.8. The van der Waals surface area contributed by atoms with E-state index in [0.29, 0.717) is 24.6 Å². The largest absolute Gasteiger partial charge is 0.379 e. The second kappa shape index (κ2) is 6.59. The molecule has 5 nitrogen and oxygen atoms in total. The van der Waals surface area contributed by atoms with E-state index in [0.717, 1.165) is 18.7 Å². The lowest BCUT2D eigenvalue weighted by molar-refractivity contribution is 0.0348. The molecule has 2 aliphatic rings. The average Bonchev–Trinajstić information content (AvgIpc) is 3.36. The maximum atomic E-state index is 13.2. The third-order valence-corrected chi connectivity index (χ3v) is 5.06. The number of carbonyl (C=O) groups is 1. The summed E-state index contributed by atoms with van der Waals surface area (Å²) in [7, 11) is 1.90. The fourth-order valence-corrected chi connectivity index (χ4v) is 3.46. The Morgan fingerprint density at radius 1 is 1.28 bits per heavy atom. The van der Waals surface area contributed by atoms with E-state index in [9.17, 15) is 9.18 Å². The Morgan fingerprint density at radius 3 is 2.76 bits per heavy atom. The minimum absolute atomic E-state index is 0.0909. The molecule has 1 aliphatic heterocycles. The average molecular weight is 343 g/mol. The molecular weight excluding hydrogens is 321 g/mol. The van der Waals surface area contributed by atoms with Gasteiger partial charge in [-0.15, -0.1) is 0 Å². The number of hydrogen-bond donors (Lipinski definition) is 0. The Labute approximate surface area is 146 Å². The van der Waals surface area contributed by atoms with Gasteiger partial charge in [0.1, 0.15) is 5.82 Å². The first-order valence-electron chi connectivity index (χ1n) is 8.78. The minimum Gasteiger partial charge on any atom is -0.379 e. The molecule has 25 heavy (non-hydrogen) atoms. The van der Waals surface area contributed by atoms with E-state index in [-0.39, 0.29) is 17.8 Å². The van der Waals surface area contributed by atoms with E-state index >= 15 is 0 Å². The van der Waals surface area contributed by atoms with Gasteiger partial charge in [-0.25, -0.2) is 4.39 Å². The third-order valence-electron chi connectivity index (χ3n) is 5.06. The molecule has 6 heteroatoms. The van der Waals surface area contributed by atoms with Crippen molar-refractivity contribution in [1.29, 1.82) is 0 Å². The molecule has 132 valence electrons. The first-order chi connectivity index (χ1) is 12.1. The number of amides is 1. The van der Waals surface area contributed by atoms with Crippen LogP contribution in [0.4, 0.5) is 4.39 Å². The lowest BCUT2D eigenvalue weighted by Gasteiger charge is -2.36. The molecule has 0 saturated heterocycles. The van der Waals surface area contributed by atoms with Crippen LogP contribution in [-0.4, -0.2) is 40.3 Å². The molecule has 1 aliphatic carbocycles. The van der Waals surface area contributed by atoms with E-state index in [4.69, 9.17) is 4.74 Å². The van der Waals surface area contributed by atoms with Crippen molar-refractivity contribution in [1.82, 2.24) is 14.7 Å². The van der Waals surface area contributed by atoms with Crippen LogP contribution in [0.5, 0.6) is 0 Å². The molecule has 1 fully saturated rings. The first kappa shape index (κ1) is 16.3. The highest BCUT2D eigenvalue weighted by Gasteiger charge is 2.34. The van der Waals surface area contributed by atoms with Gasteiger partial charge >= 0.3 is 0 Å². The van der Waals surface area contributed by atoms with Gasteiger partial charge in [0.15, 0.2) is 0 Å². The highest BCUT2D eigenvalue weighted by Crippen LogP contribution is 2.33. The molecule has 4 rings (SSSR count). The molecule has 1 aromatic carbocycles. The van der Waals surface area contributed by atoms with E-state index in [1.807, 2.05) is 22.8 Å². The van der Waals surface area contributed by atoms with E-state index in [1.54, 1.807) is 12.1 Å². The first-order valence-corrected chi connectivity index (χ1v) is 8.78. The molecular formula is C19H22FN3O2. The summed E-state index contributed by atoms with van der Waals surface area (Å²) < 4.78 is 20.9. The molecule has 1 amide bonds. The van der Waals surface area contributed by atoms with Crippen LogP contribution in [0, 0.1) is 11.7 Å². The summed E-state index contributed by atoms with van der Waals surface area (Å²) in [6.07, 6.45) is 5.12. The summed E-state index contributed by atoms with van der Waals surface area (Å²) in [5, 5.41) is 4.36. The molecule has 1 saturated carbocycles. The van der Waals surface area contributed by atoms with Crippen LogP contribution in [0.1, 0.15) is 40.5 Å². The number of hydrogen-bond acceptors (Lipinski definition) is 3. The van der Waals surface area contributed by atoms with E-state index in [1.165, 1.54) is 30.5 Å². The lowest BCUT2D eigenvalue weighted by Crippen LogP contribution is -2.42. The Morgan fingerprint density at radius 2 is 2.04 bits per heavy atom. The molecule has 1 aromatic heterocycles. The molecule has 0 bridgehead atoms. The minimum atomic E-state index is -0.339. The number of nitrogens with zero attached hydrogens (tertiary/aromatic N) is 3. The summed E-state index contributed by atoms with van der Waals surface area (Å²) in [5.41, 5.74) is 2.71. The molecule has 0 radical (unpaired) electrons. The number of ether oxygens (including phenoxy) is 1. The number of fused-ring (bicyclic) bond motifs is 1. The number of aromatic nitrogens is 2. The second-order valence-electron chi connectivity index (χ2n) is 6.93. The van der Waals surface area contributed by atoms with Gasteiger partial charge in [0, 0.05) is 25.8 Å². The number of rotatable bonds is 5. The van der Waals surface area contributed by atoms with Gasteiger partial charge in [0.2, 0.25) is 0 Å². The van der Waals surface area contributed by atoms with Crippen LogP contribution in [0.2, 0.25) is 0 Å². The molecule has 2 heterocycles. The Kier molecular flexibility index (Phi) is 4.29. The molecule has 1 unspecified atom stereocenters. The zero-order chi connectivity index (χ0) is 17.4. The predicted octanol–water partition coefficient (Wildman–Crippen LogP) is 2.73. The van der Waals surface area contributed by atoms with Crippen molar-refractivity contribution < 1.29 is 13.9 Å². The summed E-state index contributed by atoms with van der Waals surface area (Å²) >= 11 is 0. The molecule has 1 atom stereocenters.